The first-order valence-electron chi connectivity index (χ1n) is 5.86. The molecule has 0 aliphatic heterocycles. The monoisotopic (exact) mass is 231 g/mol. The molecule has 2 rings (SSSR count). The van der Waals surface area contributed by atoms with Crippen LogP contribution in [0.4, 0.5) is 5.95 Å². The Labute approximate surface area is 101 Å². The number of nitrogens with zero attached hydrogens (tertiary/aromatic N) is 2. The molecule has 0 fully saturated rings. The van der Waals surface area contributed by atoms with Crippen molar-refractivity contribution >= 4 is 16.9 Å². The van der Waals surface area contributed by atoms with E-state index in [2.05, 4.69) is 22.2 Å². The predicted molar refractivity (Wildman–Crippen MR) is 68.9 cm³/mol. The summed E-state index contributed by atoms with van der Waals surface area (Å²) in [5.41, 5.74) is 0.944. The Bertz CT molecular complexity index is 487. The number of benzene rings is 1. The lowest BCUT2D eigenvalue weighted by atomic mass is 10.1. The molecule has 17 heavy (non-hydrogen) atoms. The molecule has 0 saturated heterocycles. The summed E-state index contributed by atoms with van der Waals surface area (Å²) in [4.78, 5) is 8.68. The highest BCUT2D eigenvalue weighted by Gasteiger charge is 2.03. The maximum atomic E-state index is 8.82. The van der Waals surface area contributed by atoms with Gasteiger partial charge in [-0.2, -0.15) is 0 Å². The van der Waals surface area contributed by atoms with Crippen molar-refractivity contribution in [1.29, 1.82) is 0 Å². The minimum atomic E-state index is 0.224. The smallest absolute Gasteiger partial charge is 0.223 e. The van der Waals surface area contributed by atoms with Crippen LogP contribution in [0.5, 0.6) is 0 Å². The molecule has 1 atom stereocenters. The van der Waals surface area contributed by atoms with Crippen LogP contribution >= 0.6 is 0 Å². The maximum absolute atomic E-state index is 8.82. The van der Waals surface area contributed by atoms with Crippen molar-refractivity contribution in [3.05, 3.63) is 30.5 Å². The first kappa shape index (κ1) is 11.8. The van der Waals surface area contributed by atoms with E-state index in [1.165, 1.54) is 0 Å². The van der Waals surface area contributed by atoms with Crippen molar-refractivity contribution in [2.24, 2.45) is 5.92 Å². The zero-order valence-corrected chi connectivity index (χ0v) is 9.93. The maximum Gasteiger partial charge on any atom is 0.223 e. The second kappa shape index (κ2) is 5.59. The average molecular weight is 231 g/mol. The van der Waals surface area contributed by atoms with E-state index < -0.39 is 0 Å². The molecule has 1 aromatic heterocycles. The normalized spacial score (nSPS) is 12.6. The third-order valence-corrected chi connectivity index (χ3v) is 2.72. The van der Waals surface area contributed by atoms with Gasteiger partial charge in [-0.05, 0) is 18.4 Å². The second-order valence-corrected chi connectivity index (χ2v) is 4.25. The Morgan fingerprint density at radius 2 is 2.18 bits per heavy atom. The summed E-state index contributed by atoms with van der Waals surface area (Å²) in [7, 11) is 0. The van der Waals surface area contributed by atoms with Crippen molar-refractivity contribution < 1.29 is 5.11 Å². The summed E-state index contributed by atoms with van der Waals surface area (Å²) in [6.07, 6.45) is 2.61. The molecule has 90 valence electrons. The summed E-state index contributed by atoms with van der Waals surface area (Å²) in [6, 6.07) is 7.91. The number of anilines is 1. The number of para-hydroxylation sites is 1. The van der Waals surface area contributed by atoms with E-state index >= 15 is 0 Å². The molecule has 0 bridgehead atoms. The SMILES string of the molecule is CC(CCO)CNc1ncc2ccccc2n1. The fraction of sp³-hybridized carbons (Fsp3) is 0.385. The molecule has 4 heteroatoms. The molecule has 1 heterocycles. The molecular weight excluding hydrogens is 214 g/mol. The van der Waals surface area contributed by atoms with Gasteiger partial charge in [0, 0.05) is 24.7 Å². The predicted octanol–water partition coefficient (Wildman–Crippen LogP) is 2.06. The third kappa shape index (κ3) is 3.14. The zero-order valence-electron chi connectivity index (χ0n) is 9.93. The molecule has 0 amide bonds. The second-order valence-electron chi connectivity index (χ2n) is 4.25. The lowest BCUT2D eigenvalue weighted by Gasteiger charge is -2.11. The van der Waals surface area contributed by atoms with E-state index in [1.807, 2.05) is 30.5 Å². The number of fused-ring (bicyclic) bond motifs is 1. The molecular formula is C13H17N3O. The van der Waals surface area contributed by atoms with Crippen LogP contribution in [0.25, 0.3) is 10.9 Å². The largest absolute Gasteiger partial charge is 0.396 e. The van der Waals surface area contributed by atoms with Crippen LogP contribution in [0.15, 0.2) is 30.5 Å². The Kier molecular flexibility index (Phi) is 3.88. The minimum Gasteiger partial charge on any atom is -0.396 e. The zero-order chi connectivity index (χ0) is 12.1. The number of aromatic nitrogens is 2. The van der Waals surface area contributed by atoms with Crippen LogP contribution < -0.4 is 5.32 Å². The van der Waals surface area contributed by atoms with E-state index in [0.29, 0.717) is 11.9 Å². The summed E-state index contributed by atoms with van der Waals surface area (Å²) in [6.45, 7) is 3.09. The Hall–Kier alpha value is -1.68. The number of aliphatic hydroxyl groups excluding tert-OH is 1. The lowest BCUT2D eigenvalue weighted by Crippen LogP contribution is -2.14. The van der Waals surface area contributed by atoms with Crippen molar-refractivity contribution in [3.63, 3.8) is 0 Å². The summed E-state index contributed by atoms with van der Waals surface area (Å²) in [5.74, 6) is 1.06. The number of hydrogen-bond acceptors (Lipinski definition) is 4. The highest BCUT2D eigenvalue weighted by atomic mass is 16.3. The summed E-state index contributed by atoms with van der Waals surface area (Å²) < 4.78 is 0. The van der Waals surface area contributed by atoms with Crippen LogP contribution in [-0.2, 0) is 0 Å². The fourth-order valence-corrected chi connectivity index (χ4v) is 1.65. The first-order valence-corrected chi connectivity index (χ1v) is 5.86. The first-order chi connectivity index (χ1) is 8.29. The van der Waals surface area contributed by atoms with Crippen molar-refractivity contribution in [2.75, 3.05) is 18.5 Å². The van der Waals surface area contributed by atoms with E-state index in [4.69, 9.17) is 5.11 Å². The van der Waals surface area contributed by atoms with Crippen LogP contribution in [0.3, 0.4) is 0 Å². The van der Waals surface area contributed by atoms with Gasteiger partial charge < -0.3 is 10.4 Å². The molecule has 0 aliphatic rings. The molecule has 0 aliphatic carbocycles. The van der Waals surface area contributed by atoms with Gasteiger partial charge in [-0.15, -0.1) is 0 Å². The summed E-state index contributed by atoms with van der Waals surface area (Å²) >= 11 is 0. The topological polar surface area (TPSA) is 58.0 Å². The van der Waals surface area contributed by atoms with Gasteiger partial charge in [0.2, 0.25) is 5.95 Å². The third-order valence-electron chi connectivity index (χ3n) is 2.72. The molecule has 0 radical (unpaired) electrons. The number of hydrogen-bond donors (Lipinski definition) is 2. The van der Waals surface area contributed by atoms with Crippen LogP contribution in [-0.4, -0.2) is 28.2 Å². The number of rotatable bonds is 5. The molecule has 4 nitrogen and oxygen atoms in total. The van der Waals surface area contributed by atoms with Gasteiger partial charge in [0.25, 0.3) is 0 Å². The molecule has 0 spiro atoms. The van der Waals surface area contributed by atoms with E-state index in [0.717, 1.165) is 23.9 Å². The van der Waals surface area contributed by atoms with Gasteiger partial charge in [0.15, 0.2) is 0 Å². The fourth-order valence-electron chi connectivity index (χ4n) is 1.65. The standard InChI is InChI=1S/C13H17N3O/c1-10(6-7-17)8-14-13-15-9-11-4-2-3-5-12(11)16-13/h2-5,9-10,17H,6-8H2,1H3,(H,14,15,16). The van der Waals surface area contributed by atoms with Gasteiger partial charge >= 0.3 is 0 Å². The van der Waals surface area contributed by atoms with Gasteiger partial charge in [-0.3, -0.25) is 0 Å². The Morgan fingerprint density at radius 3 is 3.00 bits per heavy atom. The molecule has 2 N–H and O–H groups in total. The van der Waals surface area contributed by atoms with Crippen molar-refractivity contribution in [1.82, 2.24) is 9.97 Å². The minimum absolute atomic E-state index is 0.224. The quantitative estimate of drug-likeness (QED) is 0.827. The Balaban J connectivity index is 2.04. The highest BCUT2D eigenvalue weighted by molar-refractivity contribution is 5.78. The highest BCUT2D eigenvalue weighted by Crippen LogP contribution is 2.12. The van der Waals surface area contributed by atoms with E-state index in [9.17, 15) is 0 Å². The molecule has 0 saturated carbocycles. The van der Waals surface area contributed by atoms with Gasteiger partial charge in [-0.25, -0.2) is 9.97 Å². The van der Waals surface area contributed by atoms with Crippen LogP contribution in [0.1, 0.15) is 13.3 Å². The van der Waals surface area contributed by atoms with Gasteiger partial charge in [0.05, 0.1) is 5.52 Å². The molecule has 2 aromatic rings. The van der Waals surface area contributed by atoms with E-state index in [-0.39, 0.29) is 6.61 Å². The van der Waals surface area contributed by atoms with Crippen molar-refractivity contribution in [3.8, 4) is 0 Å². The van der Waals surface area contributed by atoms with Crippen LogP contribution in [0, 0.1) is 5.92 Å². The van der Waals surface area contributed by atoms with E-state index in [1.54, 1.807) is 0 Å². The number of nitrogens with one attached hydrogen (secondary N) is 1. The summed E-state index contributed by atoms with van der Waals surface area (Å²) in [5, 5.41) is 13.0. The van der Waals surface area contributed by atoms with Crippen molar-refractivity contribution in [2.45, 2.75) is 13.3 Å². The molecule has 1 unspecified atom stereocenters. The lowest BCUT2D eigenvalue weighted by molar-refractivity contribution is 0.265. The Morgan fingerprint density at radius 1 is 1.35 bits per heavy atom. The number of aliphatic hydroxyl groups is 1. The van der Waals surface area contributed by atoms with Gasteiger partial charge in [0.1, 0.15) is 0 Å². The molecule has 1 aromatic carbocycles. The van der Waals surface area contributed by atoms with Crippen LogP contribution in [0.2, 0.25) is 0 Å². The van der Waals surface area contributed by atoms with Gasteiger partial charge in [-0.1, -0.05) is 25.1 Å². The average Bonchev–Trinajstić information content (AvgIpc) is 2.36.